The molecule has 76 valence electrons. The van der Waals surface area contributed by atoms with Crippen molar-refractivity contribution >= 4 is 0 Å². The Morgan fingerprint density at radius 1 is 1.47 bits per heavy atom. The summed E-state index contributed by atoms with van der Waals surface area (Å²) in [7, 11) is 2.02. The van der Waals surface area contributed by atoms with Crippen LogP contribution in [0, 0.1) is 23.7 Å². The highest BCUT2D eigenvalue weighted by Crippen LogP contribution is 2.06. The van der Waals surface area contributed by atoms with Gasteiger partial charge in [0, 0.05) is 19.5 Å². The fraction of sp³-hybridized carbons (Fsp3) is 0.308. The quantitative estimate of drug-likeness (QED) is 0.692. The van der Waals surface area contributed by atoms with Gasteiger partial charge in [0.25, 0.3) is 0 Å². The molecule has 0 saturated heterocycles. The van der Waals surface area contributed by atoms with Gasteiger partial charge in [-0.15, -0.1) is 12.3 Å². The first-order chi connectivity index (χ1) is 7.26. The number of nitrogens with zero attached hydrogens (tertiary/aromatic N) is 2. The van der Waals surface area contributed by atoms with Gasteiger partial charge in [-0.3, -0.25) is 0 Å². The minimum absolute atomic E-state index is 0.706. The van der Waals surface area contributed by atoms with Crippen LogP contribution in [0.1, 0.15) is 17.5 Å². The van der Waals surface area contributed by atoms with Crippen LogP contribution in [0.5, 0.6) is 0 Å². The maximum atomic E-state index is 8.75. The summed E-state index contributed by atoms with van der Waals surface area (Å²) in [5.41, 5.74) is 1.85. The minimum atomic E-state index is 0.706. The molecule has 0 heterocycles. The third-order valence-electron chi connectivity index (χ3n) is 2.15. The Morgan fingerprint density at radius 2 is 2.27 bits per heavy atom. The molecular weight excluding hydrogens is 184 g/mol. The number of rotatable bonds is 4. The Bertz CT molecular complexity index is 396. The topological polar surface area (TPSA) is 27.0 Å². The molecule has 1 aromatic rings. The number of terminal acetylenes is 1. The van der Waals surface area contributed by atoms with Gasteiger partial charge in [0.1, 0.15) is 0 Å². The number of nitriles is 1. The van der Waals surface area contributed by atoms with Crippen LogP contribution in [-0.4, -0.2) is 18.5 Å². The molecular formula is C13H14N2. The first kappa shape index (κ1) is 11.3. The standard InChI is InChI=1S/C13H14N2/c1-3-4-8-15(2)11-13-7-5-6-12(9-13)10-14/h1,5-7,9H,4,8,11H2,2H3. The van der Waals surface area contributed by atoms with E-state index < -0.39 is 0 Å². The average Bonchev–Trinajstić information content (AvgIpc) is 2.26. The van der Waals surface area contributed by atoms with Crippen molar-refractivity contribution in [2.45, 2.75) is 13.0 Å². The van der Waals surface area contributed by atoms with Gasteiger partial charge in [0.15, 0.2) is 0 Å². The molecule has 1 aromatic carbocycles. The van der Waals surface area contributed by atoms with Gasteiger partial charge in [-0.05, 0) is 24.7 Å². The van der Waals surface area contributed by atoms with E-state index in [0.717, 1.165) is 25.1 Å². The highest BCUT2D eigenvalue weighted by atomic mass is 15.1. The first-order valence-corrected chi connectivity index (χ1v) is 4.87. The SMILES string of the molecule is C#CCCN(C)Cc1cccc(C#N)c1. The Morgan fingerprint density at radius 3 is 2.93 bits per heavy atom. The molecule has 0 amide bonds. The monoisotopic (exact) mass is 198 g/mol. The van der Waals surface area contributed by atoms with Crippen molar-refractivity contribution in [3.63, 3.8) is 0 Å². The van der Waals surface area contributed by atoms with Crippen LogP contribution in [-0.2, 0) is 6.54 Å². The van der Waals surface area contributed by atoms with Gasteiger partial charge in [0.05, 0.1) is 11.6 Å². The van der Waals surface area contributed by atoms with Crippen LogP contribution < -0.4 is 0 Å². The van der Waals surface area contributed by atoms with Gasteiger partial charge >= 0.3 is 0 Å². The fourth-order valence-corrected chi connectivity index (χ4v) is 1.39. The second-order valence-electron chi connectivity index (χ2n) is 3.50. The molecule has 0 unspecified atom stereocenters. The highest BCUT2D eigenvalue weighted by molar-refractivity contribution is 5.32. The fourth-order valence-electron chi connectivity index (χ4n) is 1.39. The zero-order chi connectivity index (χ0) is 11.1. The summed E-state index contributed by atoms with van der Waals surface area (Å²) in [5.74, 6) is 2.61. The second-order valence-corrected chi connectivity index (χ2v) is 3.50. The van der Waals surface area contributed by atoms with E-state index >= 15 is 0 Å². The van der Waals surface area contributed by atoms with Crippen molar-refractivity contribution in [2.24, 2.45) is 0 Å². The molecule has 0 aliphatic heterocycles. The van der Waals surface area contributed by atoms with Gasteiger partial charge in [-0.25, -0.2) is 0 Å². The summed E-state index contributed by atoms with van der Waals surface area (Å²) < 4.78 is 0. The Kier molecular flexibility index (Phi) is 4.41. The van der Waals surface area contributed by atoms with Crippen LogP contribution in [0.2, 0.25) is 0 Å². The zero-order valence-electron chi connectivity index (χ0n) is 8.90. The summed E-state index contributed by atoms with van der Waals surface area (Å²) >= 11 is 0. The first-order valence-electron chi connectivity index (χ1n) is 4.87. The molecule has 0 bridgehead atoms. The lowest BCUT2D eigenvalue weighted by molar-refractivity contribution is 0.335. The molecule has 0 atom stereocenters. The molecule has 0 N–H and O–H groups in total. The van der Waals surface area contributed by atoms with Crippen molar-refractivity contribution in [2.75, 3.05) is 13.6 Å². The summed E-state index contributed by atoms with van der Waals surface area (Å²) in [4.78, 5) is 2.15. The number of benzene rings is 1. The normalized spacial score (nSPS) is 9.60. The van der Waals surface area contributed by atoms with Crippen molar-refractivity contribution in [3.05, 3.63) is 35.4 Å². The van der Waals surface area contributed by atoms with Gasteiger partial charge in [0.2, 0.25) is 0 Å². The van der Waals surface area contributed by atoms with Crippen molar-refractivity contribution in [1.82, 2.24) is 4.90 Å². The Balaban J connectivity index is 2.57. The molecule has 15 heavy (non-hydrogen) atoms. The lowest BCUT2D eigenvalue weighted by Crippen LogP contribution is -2.18. The molecule has 0 saturated carbocycles. The summed E-state index contributed by atoms with van der Waals surface area (Å²) in [6.07, 6.45) is 5.95. The smallest absolute Gasteiger partial charge is 0.0991 e. The molecule has 0 radical (unpaired) electrons. The second kappa shape index (κ2) is 5.86. The molecule has 0 aromatic heterocycles. The van der Waals surface area contributed by atoms with Crippen LogP contribution in [0.3, 0.4) is 0 Å². The maximum absolute atomic E-state index is 8.75. The van der Waals surface area contributed by atoms with Crippen LogP contribution >= 0.6 is 0 Å². The highest BCUT2D eigenvalue weighted by Gasteiger charge is 2.00. The number of hydrogen-bond donors (Lipinski definition) is 0. The molecule has 0 fully saturated rings. The third kappa shape index (κ3) is 3.85. The van der Waals surface area contributed by atoms with Crippen LogP contribution in [0.4, 0.5) is 0 Å². The zero-order valence-corrected chi connectivity index (χ0v) is 8.90. The molecule has 1 rings (SSSR count). The van der Waals surface area contributed by atoms with Gasteiger partial charge < -0.3 is 4.90 Å². The van der Waals surface area contributed by atoms with Crippen molar-refractivity contribution < 1.29 is 0 Å². The predicted molar refractivity (Wildman–Crippen MR) is 60.9 cm³/mol. The van der Waals surface area contributed by atoms with Crippen molar-refractivity contribution in [3.8, 4) is 18.4 Å². The van der Waals surface area contributed by atoms with E-state index in [0.29, 0.717) is 5.56 Å². The average molecular weight is 198 g/mol. The molecule has 2 nitrogen and oxygen atoms in total. The predicted octanol–water partition coefficient (Wildman–Crippen LogP) is 2.01. The lowest BCUT2D eigenvalue weighted by Gasteiger charge is -2.14. The van der Waals surface area contributed by atoms with E-state index in [1.807, 2.05) is 31.3 Å². The van der Waals surface area contributed by atoms with Gasteiger partial charge in [-0.1, -0.05) is 12.1 Å². The van der Waals surface area contributed by atoms with E-state index in [4.69, 9.17) is 11.7 Å². The molecule has 0 spiro atoms. The Hall–Kier alpha value is -1.77. The lowest BCUT2D eigenvalue weighted by atomic mass is 10.1. The van der Waals surface area contributed by atoms with Crippen LogP contribution in [0.25, 0.3) is 0 Å². The van der Waals surface area contributed by atoms with E-state index in [-0.39, 0.29) is 0 Å². The maximum Gasteiger partial charge on any atom is 0.0991 e. The molecule has 0 aliphatic carbocycles. The van der Waals surface area contributed by atoms with E-state index in [1.165, 1.54) is 0 Å². The van der Waals surface area contributed by atoms with E-state index in [1.54, 1.807) is 0 Å². The summed E-state index contributed by atoms with van der Waals surface area (Å²) in [6, 6.07) is 9.78. The van der Waals surface area contributed by atoms with E-state index in [2.05, 4.69) is 16.9 Å². The number of hydrogen-bond acceptors (Lipinski definition) is 2. The third-order valence-corrected chi connectivity index (χ3v) is 2.15. The largest absolute Gasteiger partial charge is 0.301 e. The summed E-state index contributed by atoms with van der Waals surface area (Å²) in [5, 5.41) is 8.75. The minimum Gasteiger partial charge on any atom is -0.301 e. The summed E-state index contributed by atoms with van der Waals surface area (Å²) in [6.45, 7) is 1.71. The van der Waals surface area contributed by atoms with E-state index in [9.17, 15) is 0 Å². The van der Waals surface area contributed by atoms with Crippen molar-refractivity contribution in [1.29, 1.82) is 5.26 Å². The van der Waals surface area contributed by atoms with Gasteiger partial charge in [-0.2, -0.15) is 5.26 Å². The molecule has 2 heteroatoms. The van der Waals surface area contributed by atoms with Crippen LogP contribution in [0.15, 0.2) is 24.3 Å². The Labute approximate surface area is 91.1 Å². The molecule has 0 aliphatic rings.